The Morgan fingerprint density at radius 3 is 2.65 bits per heavy atom. The first-order valence-corrected chi connectivity index (χ1v) is 8.23. The fourth-order valence-corrected chi connectivity index (χ4v) is 3.43. The summed E-state index contributed by atoms with van der Waals surface area (Å²) in [5.74, 6) is 0.753. The van der Waals surface area contributed by atoms with Crippen molar-refractivity contribution in [2.75, 3.05) is 13.2 Å². The van der Waals surface area contributed by atoms with Crippen LogP contribution in [0.25, 0.3) is 0 Å². The topological polar surface area (TPSA) is 41.5 Å². The van der Waals surface area contributed by atoms with Gasteiger partial charge in [0.15, 0.2) is 0 Å². The Morgan fingerprint density at radius 1 is 1.30 bits per heavy atom. The molecule has 0 radical (unpaired) electrons. The Morgan fingerprint density at radius 2 is 2.00 bits per heavy atom. The second kappa shape index (κ2) is 9.26. The first-order chi connectivity index (χ1) is 9.15. The summed E-state index contributed by atoms with van der Waals surface area (Å²) in [5, 5.41) is 13.3. The van der Waals surface area contributed by atoms with Crippen LogP contribution in [0.15, 0.2) is 27.1 Å². The minimum atomic E-state index is -0.476. The van der Waals surface area contributed by atoms with E-state index in [4.69, 9.17) is 4.74 Å². The predicted octanol–water partition coefficient (Wildman–Crippen LogP) is 3.91. The molecule has 0 aliphatic heterocycles. The molecule has 20 heavy (non-hydrogen) atoms. The van der Waals surface area contributed by atoms with E-state index in [-0.39, 0.29) is 12.4 Å². The van der Waals surface area contributed by atoms with Crippen molar-refractivity contribution in [3.8, 4) is 5.75 Å². The van der Waals surface area contributed by atoms with Crippen molar-refractivity contribution < 1.29 is 9.84 Å². The standard InChI is InChI=1S/C14H19Br2NO2.ClH/c15-10-5-6-14(13(16)7-10)19-9-12(18)8-17-11-3-1-2-4-11;/h5-7,11-12,17-18H,1-4,8-9H2;1H. The van der Waals surface area contributed by atoms with Gasteiger partial charge in [-0.3, -0.25) is 0 Å². The van der Waals surface area contributed by atoms with E-state index in [1.54, 1.807) is 0 Å². The molecular formula is C14H20Br2ClNO2. The molecule has 6 heteroatoms. The van der Waals surface area contributed by atoms with Gasteiger partial charge in [0.2, 0.25) is 0 Å². The molecule has 0 amide bonds. The Labute approximate surface area is 143 Å². The van der Waals surface area contributed by atoms with Crippen molar-refractivity contribution in [3.05, 3.63) is 27.1 Å². The zero-order valence-electron chi connectivity index (χ0n) is 11.1. The number of halogens is 3. The highest BCUT2D eigenvalue weighted by Crippen LogP contribution is 2.28. The van der Waals surface area contributed by atoms with Gasteiger partial charge in [-0.2, -0.15) is 0 Å². The lowest BCUT2D eigenvalue weighted by Gasteiger charge is -2.17. The van der Waals surface area contributed by atoms with E-state index in [1.807, 2.05) is 18.2 Å². The van der Waals surface area contributed by atoms with E-state index >= 15 is 0 Å². The van der Waals surface area contributed by atoms with Crippen molar-refractivity contribution in [3.63, 3.8) is 0 Å². The van der Waals surface area contributed by atoms with Gasteiger partial charge in [-0.15, -0.1) is 12.4 Å². The van der Waals surface area contributed by atoms with E-state index in [2.05, 4.69) is 37.2 Å². The molecular weight excluding hydrogens is 409 g/mol. The Bertz CT molecular complexity index is 414. The highest BCUT2D eigenvalue weighted by Gasteiger charge is 2.16. The van der Waals surface area contributed by atoms with Crippen LogP contribution < -0.4 is 10.1 Å². The molecule has 1 unspecified atom stereocenters. The van der Waals surface area contributed by atoms with Gasteiger partial charge in [0.1, 0.15) is 18.5 Å². The van der Waals surface area contributed by atoms with Crippen molar-refractivity contribution >= 4 is 44.3 Å². The van der Waals surface area contributed by atoms with Crippen LogP contribution in [0.1, 0.15) is 25.7 Å². The molecule has 0 heterocycles. The zero-order chi connectivity index (χ0) is 13.7. The average molecular weight is 430 g/mol. The smallest absolute Gasteiger partial charge is 0.133 e. The van der Waals surface area contributed by atoms with Gasteiger partial charge in [0.25, 0.3) is 0 Å². The predicted molar refractivity (Wildman–Crippen MR) is 90.9 cm³/mol. The van der Waals surface area contributed by atoms with Gasteiger partial charge in [0, 0.05) is 17.1 Å². The molecule has 1 atom stereocenters. The third-order valence-corrected chi connectivity index (χ3v) is 4.44. The summed E-state index contributed by atoms with van der Waals surface area (Å²) >= 11 is 6.83. The quantitative estimate of drug-likeness (QED) is 0.721. The molecule has 1 aliphatic rings. The second-order valence-electron chi connectivity index (χ2n) is 4.93. The van der Waals surface area contributed by atoms with Crippen LogP contribution in [0.3, 0.4) is 0 Å². The average Bonchev–Trinajstić information content (AvgIpc) is 2.88. The van der Waals surface area contributed by atoms with Gasteiger partial charge >= 0.3 is 0 Å². The van der Waals surface area contributed by atoms with Gasteiger partial charge in [0.05, 0.1) is 4.47 Å². The fraction of sp³-hybridized carbons (Fsp3) is 0.571. The maximum Gasteiger partial charge on any atom is 0.133 e. The molecule has 0 spiro atoms. The third kappa shape index (κ3) is 5.90. The lowest BCUT2D eigenvalue weighted by molar-refractivity contribution is 0.103. The molecule has 1 saturated carbocycles. The second-order valence-corrected chi connectivity index (χ2v) is 6.70. The molecule has 114 valence electrons. The number of aliphatic hydroxyl groups is 1. The van der Waals surface area contributed by atoms with Crippen LogP contribution >= 0.6 is 44.3 Å². The normalized spacial score (nSPS) is 16.8. The largest absolute Gasteiger partial charge is 0.490 e. The van der Waals surface area contributed by atoms with E-state index in [0.29, 0.717) is 19.2 Å². The van der Waals surface area contributed by atoms with E-state index in [9.17, 15) is 5.11 Å². The summed E-state index contributed by atoms with van der Waals surface area (Å²) in [7, 11) is 0. The molecule has 0 saturated heterocycles. The summed E-state index contributed by atoms with van der Waals surface area (Å²) < 4.78 is 7.49. The molecule has 1 aromatic carbocycles. The maximum atomic E-state index is 9.90. The zero-order valence-corrected chi connectivity index (χ0v) is 15.1. The number of rotatable bonds is 6. The number of benzene rings is 1. The van der Waals surface area contributed by atoms with Crippen LogP contribution in [-0.4, -0.2) is 30.4 Å². The minimum Gasteiger partial charge on any atom is -0.490 e. The Kier molecular flexibility index (Phi) is 8.44. The number of aliphatic hydroxyl groups excluding tert-OH is 1. The van der Waals surface area contributed by atoms with E-state index in [0.717, 1.165) is 14.7 Å². The SMILES string of the molecule is Cl.OC(CNC1CCCC1)COc1ccc(Br)cc1Br. The highest BCUT2D eigenvalue weighted by atomic mass is 79.9. The molecule has 1 aliphatic carbocycles. The molecule has 0 bridgehead atoms. The van der Waals surface area contributed by atoms with Crippen LogP contribution in [0.4, 0.5) is 0 Å². The molecule has 2 N–H and O–H groups in total. The monoisotopic (exact) mass is 427 g/mol. The molecule has 1 fully saturated rings. The minimum absolute atomic E-state index is 0. The van der Waals surface area contributed by atoms with Gasteiger partial charge < -0.3 is 15.2 Å². The number of hydrogen-bond donors (Lipinski definition) is 2. The third-order valence-electron chi connectivity index (χ3n) is 3.32. The summed E-state index contributed by atoms with van der Waals surface area (Å²) in [6, 6.07) is 6.31. The van der Waals surface area contributed by atoms with E-state index < -0.39 is 6.10 Å². The lowest BCUT2D eigenvalue weighted by atomic mass is 10.2. The van der Waals surface area contributed by atoms with E-state index in [1.165, 1.54) is 25.7 Å². The lowest BCUT2D eigenvalue weighted by Crippen LogP contribution is -2.36. The summed E-state index contributed by atoms with van der Waals surface area (Å²) in [6.45, 7) is 0.902. The van der Waals surface area contributed by atoms with Crippen molar-refractivity contribution in [2.45, 2.75) is 37.8 Å². The van der Waals surface area contributed by atoms with Gasteiger partial charge in [-0.1, -0.05) is 28.8 Å². The first-order valence-electron chi connectivity index (χ1n) is 6.64. The van der Waals surface area contributed by atoms with Crippen LogP contribution in [0, 0.1) is 0 Å². The van der Waals surface area contributed by atoms with Gasteiger partial charge in [-0.05, 0) is 47.0 Å². The highest BCUT2D eigenvalue weighted by molar-refractivity contribution is 9.11. The Balaban J connectivity index is 0.00000200. The number of nitrogens with one attached hydrogen (secondary N) is 1. The summed E-state index contributed by atoms with van der Waals surface area (Å²) in [5.41, 5.74) is 0. The van der Waals surface area contributed by atoms with Crippen LogP contribution in [0.5, 0.6) is 5.75 Å². The van der Waals surface area contributed by atoms with Crippen molar-refractivity contribution in [1.82, 2.24) is 5.32 Å². The number of ether oxygens (including phenoxy) is 1. The van der Waals surface area contributed by atoms with Crippen molar-refractivity contribution in [2.24, 2.45) is 0 Å². The molecule has 3 nitrogen and oxygen atoms in total. The summed E-state index contributed by atoms with van der Waals surface area (Å²) in [4.78, 5) is 0. The summed E-state index contributed by atoms with van der Waals surface area (Å²) in [6.07, 6.45) is 4.58. The molecule has 2 rings (SSSR count). The molecule has 1 aromatic rings. The molecule has 0 aromatic heterocycles. The van der Waals surface area contributed by atoms with Crippen molar-refractivity contribution in [1.29, 1.82) is 0 Å². The van der Waals surface area contributed by atoms with Crippen LogP contribution in [0.2, 0.25) is 0 Å². The maximum absolute atomic E-state index is 9.90. The first kappa shape index (κ1) is 18.2. The van der Waals surface area contributed by atoms with Crippen LogP contribution in [-0.2, 0) is 0 Å². The van der Waals surface area contributed by atoms with Gasteiger partial charge in [-0.25, -0.2) is 0 Å². The Hall–Kier alpha value is 0.190. The fourth-order valence-electron chi connectivity index (χ4n) is 2.27. The number of hydrogen-bond acceptors (Lipinski definition) is 3.